The maximum Gasteiger partial charge on any atom is 0.397 e. The van der Waals surface area contributed by atoms with E-state index in [0.29, 0.717) is 0 Å². The van der Waals surface area contributed by atoms with E-state index in [2.05, 4.69) is 4.98 Å². The Bertz CT molecular complexity index is 605. The number of carboxylic acids is 1. The van der Waals surface area contributed by atoms with Crippen LogP contribution in [0, 0.1) is 0 Å². The van der Waals surface area contributed by atoms with Crippen molar-refractivity contribution in [3.8, 4) is 11.6 Å². The first-order valence-electron chi connectivity index (χ1n) is 6.45. The molecule has 0 spiro atoms. The topological polar surface area (TPSA) is 68.7 Å². The molecule has 122 valence electrons. The average molecular weight is 327 g/mol. The minimum Gasteiger partial charge on any atom is -0.475 e. The number of aliphatic carboxylic acids is 1. The van der Waals surface area contributed by atoms with E-state index < -0.39 is 24.4 Å². The summed E-state index contributed by atoms with van der Waals surface area (Å²) in [5, 5.41) is 9.33. The van der Waals surface area contributed by atoms with E-state index in [1.54, 1.807) is 6.07 Å². The Hall–Kier alpha value is -2.77. The molecule has 0 aliphatic carbocycles. The van der Waals surface area contributed by atoms with Gasteiger partial charge in [-0.1, -0.05) is 24.3 Å². The third kappa shape index (κ3) is 4.60. The molecule has 0 bridgehead atoms. The molecule has 23 heavy (non-hydrogen) atoms. The molecule has 1 heterocycles. The summed E-state index contributed by atoms with van der Waals surface area (Å²) < 4.78 is 48.7. The van der Waals surface area contributed by atoms with E-state index >= 15 is 0 Å². The van der Waals surface area contributed by atoms with Gasteiger partial charge in [0.1, 0.15) is 12.2 Å². The summed E-state index contributed by atoms with van der Waals surface area (Å²) in [5.74, 6) is -5.26. The second kappa shape index (κ2) is 6.55. The van der Waals surface area contributed by atoms with Crippen molar-refractivity contribution >= 4 is 5.97 Å². The number of halogens is 3. The molecule has 0 fully saturated rings. The van der Waals surface area contributed by atoms with Gasteiger partial charge in [-0.25, -0.2) is 9.78 Å². The predicted molar refractivity (Wildman–Crippen MR) is 73.0 cm³/mol. The molecule has 1 aromatic heterocycles. The van der Waals surface area contributed by atoms with Crippen molar-refractivity contribution in [1.82, 2.24) is 4.98 Å². The van der Waals surface area contributed by atoms with Gasteiger partial charge < -0.3 is 14.6 Å². The third-order valence-electron chi connectivity index (χ3n) is 2.69. The number of carboxylic acid groups (broad SMARTS) is 1. The summed E-state index contributed by atoms with van der Waals surface area (Å²) in [6, 6.07) is 11.5. The normalized spacial score (nSPS) is 13.9. The summed E-state index contributed by atoms with van der Waals surface area (Å²) in [4.78, 5) is 15.2. The van der Waals surface area contributed by atoms with Crippen molar-refractivity contribution in [1.29, 1.82) is 0 Å². The number of aromatic nitrogens is 1. The van der Waals surface area contributed by atoms with Gasteiger partial charge in [0.2, 0.25) is 5.88 Å². The van der Waals surface area contributed by atoms with Crippen LogP contribution in [0.2, 0.25) is 0 Å². The van der Waals surface area contributed by atoms with Crippen molar-refractivity contribution < 1.29 is 32.5 Å². The standard InChI is InChI=1S/C15H12F3NO4/c16-15(17,18)10-14(13(20)21,22-11-6-2-1-3-7-11)23-12-8-4-5-9-19-12/h1-9H,10H2,(H,20,21). The van der Waals surface area contributed by atoms with Crippen molar-refractivity contribution in [3.05, 3.63) is 54.7 Å². The van der Waals surface area contributed by atoms with Crippen LogP contribution in [0.4, 0.5) is 13.2 Å². The van der Waals surface area contributed by atoms with Crippen molar-refractivity contribution in [3.63, 3.8) is 0 Å². The highest BCUT2D eigenvalue weighted by molar-refractivity contribution is 5.76. The van der Waals surface area contributed by atoms with Gasteiger partial charge in [0.25, 0.3) is 0 Å². The molecule has 0 aliphatic rings. The van der Waals surface area contributed by atoms with Crippen LogP contribution in [0.25, 0.3) is 0 Å². The molecule has 0 amide bonds. The Morgan fingerprint density at radius 3 is 2.22 bits per heavy atom. The summed E-state index contributed by atoms with van der Waals surface area (Å²) in [6.07, 6.45) is -5.42. The number of hydrogen-bond donors (Lipinski definition) is 1. The largest absolute Gasteiger partial charge is 0.475 e. The van der Waals surface area contributed by atoms with Gasteiger partial charge in [-0.05, 0) is 18.2 Å². The predicted octanol–water partition coefficient (Wildman–Crippen LogP) is 3.27. The Morgan fingerprint density at radius 2 is 1.70 bits per heavy atom. The fourth-order valence-corrected chi connectivity index (χ4v) is 1.78. The molecule has 8 heteroatoms. The van der Waals surface area contributed by atoms with E-state index in [1.165, 1.54) is 48.7 Å². The SMILES string of the molecule is O=C(O)C(CC(F)(F)F)(Oc1ccccc1)Oc1ccccn1. The van der Waals surface area contributed by atoms with Crippen LogP contribution in [0.3, 0.4) is 0 Å². The smallest absolute Gasteiger partial charge is 0.397 e. The fourth-order valence-electron chi connectivity index (χ4n) is 1.78. The van der Waals surface area contributed by atoms with Crippen LogP contribution in [0.5, 0.6) is 11.6 Å². The molecule has 2 aromatic rings. The molecule has 2 rings (SSSR count). The molecule has 0 saturated carbocycles. The fraction of sp³-hybridized carbons (Fsp3) is 0.200. The second-order valence-electron chi connectivity index (χ2n) is 4.54. The average Bonchev–Trinajstić information content (AvgIpc) is 2.47. The van der Waals surface area contributed by atoms with Gasteiger partial charge in [-0.2, -0.15) is 13.2 Å². The molecule has 5 nitrogen and oxygen atoms in total. The monoisotopic (exact) mass is 327 g/mol. The first-order valence-corrected chi connectivity index (χ1v) is 6.45. The zero-order valence-electron chi connectivity index (χ0n) is 11.7. The number of para-hydroxylation sites is 1. The summed E-state index contributed by atoms with van der Waals surface area (Å²) in [5.41, 5.74) is 0. The van der Waals surface area contributed by atoms with E-state index in [-0.39, 0.29) is 11.6 Å². The van der Waals surface area contributed by atoms with Gasteiger partial charge in [0, 0.05) is 12.3 Å². The molecule has 0 radical (unpaired) electrons. The van der Waals surface area contributed by atoms with Gasteiger partial charge in [0.15, 0.2) is 0 Å². The lowest BCUT2D eigenvalue weighted by Gasteiger charge is -2.30. The third-order valence-corrected chi connectivity index (χ3v) is 2.69. The molecule has 1 N–H and O–H groups in total. The summed E-state index contributed by atoms with van der Waals surface area (Å²) in [6.45, 7) is 0. The number of nitrogens with zero attached hydrogens (tertiary/aromatic N) is 1. The highest BCUT2D eigenvalue weighted by Crippen LogP contribution is 2.33. The molecule has 1 atom stereocenters. The van der Waals surface area contributed by atoms with Crippen molar-refractivity contribution in [2.75, 3.05) is 0 Å². The Morgan fingerprint density at radius 1 is 1.04 bits per heavy atom. The Balaban J connectivity index is 2.40. The number of alkyl halides is 3. The zero-order chi connectivity index (χ0) is 16.9. The Kier molecular flexibility index (Phi) is 4.73. The quantitative estimate of drug-likeness (QED) is 0.825. The molecule has 0 saturated heterocycles. The lowest BCUT2D eigenvalue weighted by Crippen LogP contribution is -2.53. The number of carbonyl (C=O) groups is 1. The highest BCUT2D eigenvalue weighted by Gasteiger charge is 2.53. The molecule has 1 unspecified atom stereocenters. The van der Waals surface area contributed by atoms with Crippen LogP contribution in [-0.2, 0) is 4.79 Å². The van der Waals surface area contributed by atoms with E-state index in [1.807, 2.05) is 0 Å². The number of rotatable bonds is 6. The lowest BCUT2D eigenvalue weighted by molar-refractivity contribution is -0.231. The van der Waals surface area contributed by atoms with E-state index in [0.717, 1.165) is 0 Å². The van der Waals surface area contributed by atoms with E-state index in [9.17, 15) is 23.1 Å². The minimum atomic E-state index is -4.83. The number of pyridine rings is 1. The van der Waals surface area contributed by atoms with Gasteiger partial charge >= 0.3 is 17.9 Å². The first-order chi connectivity index (χ1) is 10.8. The number of ether oxygens (including phenoxy) is 2. The summed E-state index contributed by atoms with van der Waals surface area (Å²) in [7, 11) is 0. The minimum absolute atomic E-state index is 0.0740. The van der Waals surface area contributed by atoms with Crippen molar-refractivity contribution in [2.45, 2.75) is 18.4 Å². The Labute approximate surface area is 129 Å². The van der Waals surface area contributed by atoms with Crippen molar-refractivity contribution in [2.24, 2.45) is 0 Å². The van der Waals surface area contributed by atoms with Crippen LogP contribution >= 0.6 is 0 Å². The number of hydrogen-bond acceptors (Lipinski definition) is 4. The molecular weight excluding hydrogens is 315 g/mol. The van der Waals surface area contributed by atoms with E-state index in [4.69, 9.17) is 9.47 Å². The van der Waals surface area contributed by atoms with Crippen LogP contribution in [-0.4, -0.2) is 28.0 Å². The summed E-state index contributed by atoms with van der Waals surface area (Å²) >= 11 is 0. The highest BCUT2D eigenvalue weighted by atomic mass is 19.4. The van der Waals surface area contributed by atoms with Gasteiger partial charge in [-0.15, -0.1) is 0 Å². The van der Waals surface area contributed by atoms with Gasteiger partial charge in [-0.3, -0.25) is 0 Å². The zero-order valence-corrected chi connectivity index (χ0v) is 11.7. The number of benzene rings is 1. The lowest BCUT2D eigenvalue weighted by atomic mass is 10.1. The van der Waals surface area contributed by atoms with Gasteiger partial charge in [0.05, 0.1) is 0 Å². The van der Waals surface area contributed by atoms with Crippen LogP contribution < -0.4 is 9.47 Å². The first kappa shape index (κ1) is 16.6. The maximum absolute atomic E-state index is 12.9. The van der Waals surface area contributed by atoms with Crippen LogP contribution in [0.1, 0.15) is 6.42 Å². The molecule has 0 aliphatic heterocycles. The second-order valence-corrected chi connectivity index (χ2v) is 4.54. The van der Waals surface area contributed by atoms with Crippen LogP contribution in [0.15, 0.2) is 54.7 Å². The molecule has 1 aromatic carbocycles. The maximum atomic E-state index is 12.9. The molecular formula is C15H12F3NO4.